The van der Waals surface area contributed by atoms with E-state index in [1.165, 1.54) is 0 Å². The second-order valence-electron chi connectivity index (χ2n) is 4.01. The molecule has 0 unspecified atom stereocenters. The average Bonchev–Trinajstić information content (AvgIpc) is 2.69. The van der Waals surface area contributed by atoms with Crippen LogP contribution in [-0.2, 0) is 16.0 Å². The summed E-state index contributed by atoms with van der Waals surface area (Å²) in [6.45, 7) is 2.15. The number of hydrogen-bond donors (Lipinski definition) is 2. The summed E-state index contributed by atoms with van der Waals surface area (Å²) in [6, 6.07) is 5.55. The molecule has 2 rings (SSSR count). The van der Waals surface area contributed by atoms with Gasteiger partial charge in [0.1, 0.15) is 6.54 Å². The lowest BCUT2D eigenvalue weighted by atomic mass is 10.1. The molecule has 1 amide bonds. The number of carbonyl (C=O) groups is 2. The first kappa shape index (κ1) is 11.4. The largest absolute Gasteiger partial charge is 0.480 e. The molecule has 0 atom stereocenters. The molecule has 0 fully saturated rings. The maximum absolute atomic E-state index is 11.3. The summed E-state index contributed by atoms with van der Waals surface area (Å²) in [6.07, 6.45) is 0.817. The monoisotopic (exact) mass is 234 g/mol. The predicted molar refractivity (Wildman–Crippen MR) is 64.3 cm³/mol. The van der Waals surface area contributed by atoms with Crippen LogP contribution in [-0.4, -0.2) is 30.1 Å². The van der Waals surface area contributed by atoms with Crippen molar-refractivity contribution in [3.05, 3.63) is 23.8 Å². The van der Waals surface area contributed by atoms with Gasteiger partial charge in [0.15, 0.2) is 0 Å². The molecule has 0 saturated carbocycles. The summed E-state index contributed by atoms with van der Waals surface area (Å²) in [7, 11) is 0. The Labute approximate surface area is 99.0 Å². The normalized spacial score (nSPS) is 13.4. The molecule has 1 aromatic carbocycles. The van der Waals surface area contributed by atoms with Crippen LogP contribution in [0.4, 0.5) is 11.4 Å². The van der Waals surface area contributed by atoms with Crippen LogP contribution < -0.4 is 10.2 Å². The van der Waals surface area contributed by atoms with E-state index in [4.69, 9.17) is 5.11 Å². The number of carboxylic acid groups (broad SMARTS) is 1. The minimum absolute atomic E-state index is 0.0370. The van der Waals surface area contributed by atoms with Crippen molar-refractivity contribution in [3.8, 4) is 0 Å². The van der Waals surface area contributed by atoms with Crippen molar-refractivity contribution in [2.45, 2.75) is 13.3 Å². The number of benzene rings is 1. The van der Waals surface area contributed by atoms with E-state index in [1.807, 2.05) is 12.1 Å². The number of amides is 1. The number of fused-ring (bicyclic) bond motifs is 1. The summed E-state index contributed by atoms with van der Waals surface area (Å²) in [4.78, 5) is 23.5. The van der Waals surface area contributed by atoms with E-state index in [9.17, 15) is 9.59 Å². The summed E-state index contributed by atoms with van der Waals surface area (Å²) in [5.41, 5.74) is 2.78. The molecule has 2 N–H and O–H groups in total. The van der Waals surface area contributed by atoms with Gasteiger partial charge in [-0.05, 0) is 30.2 Å². The number of aliphatic carboxylic acids is 1. The van der Waals surface area contributed by atoms with Crippen molar-refractivity contribution in [1.82, 2.24) is 0 Å². The van der Waals surface area contributed by atoms with Crippen LogP contribution in [0.25, 0.3) is 0 Å². The van der Waals surface area contributed by atoms with Gasteiger partial charge in [-0.25, -0.2) is 0 Å². The molecule has 5 nitrogen and oxygen atoms in total. The van der Waals surface area contributed by atoms with Gasteiger partial charge in [0.25, 0.3) is 0 Å². The van der Waals surface area contributed by atoms with Gasteiger partial charge < -0.3 is 15.3 Å². The van der Waals surface area contributed by atoms with Crippen molar-refractivity contribution < 1.29 is 14.7 Å². The van der Waals surface area contributed by atoms with E-state index in [-0.39, 0.29) is 12.5 Å². The number of anilines is 2. The van der Waals surface area contributed by atoms with Crippen molar-refractivity contribution in [1.29, 1.82) is 0 Å². The molecule has 0 aromatic heterocycles. The van der Waals surface area contributed by atoms with Crippen molar-refractivity contribution in [3.63, 3.8) is 0 Å². The smallest absolute Gasteiger partial charge is 0.322 e. The van der Waals surface area contributed by atoms with Crippen LogP contribution in [0.15, 0.2) is 18.2 Å². The Morgan fingerprint density at radius 3 is 2.88 bits per heavy atom. The zero-order chi connectivity index (χ0) is 12.4. The fourth-order valence-electron chi connectivity index (χ4n) is 2.02. The third-order valence-electron chi connectivity index (χ3n) is 2.80. The number of nitrogens with zero attached hydrogens (tertiary/aromatic N) is 1. The number of nitrogens with one attached hydrogen (secondary N) is 1. The molecule has 1 aliphatic heterocycles. The molecule has 5 heteroatoms. The van der Waals surface area contributed by atoms with Crippen LogP contribution in [0, 0.1) is 0 Å². The summed E-state index contributed by atoms with van der Waals surface area (Å²) in [5, 5.41) is 11.4. The highest BCUT2D eigenvalue weighted by atomic mass is 16.4. The van der Waals surface area contributed by atoms with E-state index >= 15 is 0 Å². The Bertz CT molecular complexity index is 471. The molecule has 1 heterocycles. The minimum atomic E-state index is -0.893. The van der Waals surface area contributed by atoms with Crippen molar-refractivity contribution in [2.24, 2.45) is 0 Å². The van der Waals surface area contributed by atoms with Gasteiger partial charge in [0.2, 0.25) is 5.91 Å². The van der Waals surface area contributed by atoms with Gasteiger partial charge in [-0.3, -0.25) is 9.59 Å². The zero-order valence-electron chi connectivity index (χ0n) is 9.56. The van der Waals surface area contributed by atoms with Gasteiger partial charge >= 0.3 is 5.97 Å². The number of carboxylic acids is 1. The molecule has 90 valence electrons. The van der Waals surface area contributed by atoms with Gasteiger partial charge in [0.05, 0.1) is 0 Å². The molecular formula is C12H14N2O3. The summed E-state index contributed by atoms with van der Waals surface area (Å²) >= 11 is 0. The minimum Gasteiger partial charge on any atom is -0.480 e. The lowest BCUT2D eigenvalue weighted by Gasteiger charge is -2.15. The van der Waals surface area contributed by atoms with E-state index < -0.39 is 5.97 Å². The molecule has 1 aliphatic rings. The van der Waals surface area contributed by atoms with Crippen molar-refractivity contribution in [2.75, 3.05) is 23.3 Å². The Morgan fingerprint density at radius 2 is 2.24 bits per heavy atom. The molecule has 0 bridgehead atoms. The second kappa shape index (κ2) is 4.45. The Hall–Kier alpha value is -2.04. The molecule has 1 aromatic rings. The highest BCUT2D eigenvalue weighted by Gasteiger charge is 2.21. The fourth-order valence-corrected chi connectivity index (χ4v) is 2.02. The van der Waals surface area contributed by atoms with Gasteiger partial charge in [-0.2, -0.15) is 0 Å². The Morgan fingerprint density at radius 1 is 1.47 bits per heavy atom. The van der Waals surface area contributed by atoms with Crippen LogP contribution in [0.1, 0.15) is 12.5 Å². The quantitative estimate of drug-likeness (QED) is 0.821. The van der Waals surface area contributed by atoms with E-state index in [2.05, 4.69) is 5.32 Å². The van der Waals surface area contributed by atoms with Crippen molar-refractivity contribution >= 4 is 23.3 Å². The SMILES string of the molecule is CC(=O)N1CCc2cc(NCC(=O)O)ccc21. The summed E-state index contributed by atoms with van der Waals surface area (Å²) < 4.78 is 0. The highest BCUT2D eigenvalue weighted by Crippen LogP contribution is 2.30. The van der Waals surface area contributed by atoms with Gasteiger partial charge in [-0.15, -0.1) is 0 Å². The molecule has 0 aliphatic carbocycles. The molecule has 0 saturated heterocycles. The third kappa shape index (κ3) is 2.38. The predicted octanol–water partition coefficient (Wildman–Crippen LogP) is 1.09. The van der Waals surface area contributed by atoms with Crippen LogP contribution in [0.5, 0.6) is 0 Å². The van der Waals surface area contributed by atoms with Gasteiger partial charge in [-0.1, -0.05) is 0 Å². The number of carbonyl (C=O) groups excluding carboxylic acids is 1. The Kier molecular flexibility index (Phi) is 2.99. The second-order valence-corrected chi connectivity index (χ2v) is 4.01. The first-order valence-corrected chi connectivity index (χ1v) is 5.44. The number of hydrogen-bond acceptors (Lipinski definition) is 3. The molecule has 17 heavy (non-hydrogen) atoms. The Balaban J connectivity index is 2.16. The van der Waals surface area contributed by atoms with Crippen LogP contribution in [0.2, 0.25) is 0 Å². The average molecular weight is 234 g/mol. The fraction of sp³-hybridized carbons (Fsp3) is 0.333. The maximum Gasteiger partial charge on any atom is 0.322 e. The summed E-state index contributed by atoms with van der Waals surface area (Å²) in [5.74, 6) is -0.856. The van der Waals surface area contributed by atoms with E-state index in [0.717, 1.165) is 23.4 Å². The standard InChI is InChI=1S/C12H14N2O3/c1-8(15)14-5-4-9-6-10(2-3-11(9)14)13-7-12(16)17/h2-3,6,13H,4-5,7H2,1H3,(H,16,17). The first-order valence-electron chi connectivity index (χ1n) is 5.44. The third-order valence-corrected chi connectivity index (χ3v) is 2.80. The maximum atomic E-state index is 11.3. The highest BCUT2D eigenvalue weighted by molar-refractivity contribution is 5.94. The molecular weight excluding hydrogens is 220 g/mol. The van der Waals surface area contributed by atoms with E-state index in [0.29, 0.717) is 6.54 Å². The van der Waals surface area contributed by atoms with Gasteiger partial charge in [0, 0.05) is 24.8 Å². The van der Waals surface area contributed by atoms with E-state index in [1.54, 1.807) is 17.9 Å². The lowest BCUT2D eigenvalue weighted by molar-refractivity contribution is -0.135. The zero-order valence-corrected chi connectivity index (χ0v) is 9.56. The number of rotatable bonds is 3. The lowest BCUT2D eigenvalue weighted by Crippen LogP contribution is -2.25. The first-order chi connectivity index (χ1) is 8.08. The topological polar surface area (TPSA) is 69.6 Å². The van der Waals surface area contributed by atoms with Crippen LogP contribution >= 0.6 is 0 Å². The molecule has 0 spiro atoms. The molecule has 0 radical (unpaired) electrons. The van der Waals surface area contributed by atoms with Crippen LogP contribution in [0.3, 0.4) is 0 Å².